The Kier molecular flexibility index (Phi) is 12.6. The van der Waals surface area contributed by atoms with E-state index in [0.717, 1.165) is 0 Å². The van der Waals surface area contributed by atoms with Crippen LogP contribution in [-0.2, 0) is 26.2 Å². The molecular formula is C20H32Zr. The molecule has 0 atom stereocenters. The second-order valence-corrected chi connectivity index (χ2v) is 5.52. The van der Waals surface area contributed by atoms with Crippen molar-refractivity contribution >= 4 is 0 Å². The van der Waals surface area contributed by atoms with E-state index in [1.54, 1.807) is 0 Å². The molecule has 0 saturated carbocycles. The monoisotopic (exact) mass is 362 g/mol. The maximum atomic E-state index is 2.24. The van der Waals surface area contributed by atoms with Crippen LogP contribution in [0, 0.1) is 70.2 Å². The van der Waals surface area contributed by atoms with Crippen molar-refractivity contribution in [1.29, 1.82) is 0 Å². The molecule has 2 rings (SSSR count). The summed E-state index contributed by atoms with van der Waals surface area (Å²) in [6.45, 7) is 17.4. The largest absolute Gasteiger partial charge is 4.00 e. The molecule has 0 amide bonds. The topological polar surface area (TPSA) is 0 Å². The van der Waals surface area contributed by atoms with Crippen molar-refractivity contribution < 1.29 is 26.2 Å². The molecule has 0 fully saturated rings. The molecule has 0 saturated heterocycles. The third kappa shape index (κ3) is 6.07. The van der Waals surface area contributed by atoms with Gasteiger partial charge in [-0.25, -0.2) is 0 Å². The minimum Gasteiger partial charge on any atom is -0.358 e. The summed E-state index contributed by atoms with van der Waals surface area (Å²) in [5.41, 5.74) is 11.5. The molecule has 0 nitrogen and oxygen atoms in total. The van der Waals surface area contributed by atoms with Gasteiger partial charge in [-0.3, -0.25) is 0 Å². The van der Waals surface area contributed by atoms with Gasteiger partial charge in [0.2, 0.25) is 0 Å². The predicted octanol–water partition coefficient (Wildman–Crippen LogP) is 6.18. The first kappa shape index (κ1) is 25.5. The normalized spacial score (nSPS) is 8.76. The van der Waals surface area contributed by atoms with Gasteiger partial charge in [0.25, 0.3) is 0 Å². The molecule has 0 radical (unpaired) electrons. The number of aryl methyl sites for hydroxylation is 4. The summed E-state index contributed by atoms with van der Waals surface area (Å²) in [6, 6.07) is 4.48. The average molecular weight is 364 g/mol. The van der Waals surface area contributed by atoms with Crippen molar-refractivity contribution in [3.05, 3.63) is 71.5 Å². The van der Waals surface area contributed by atoms with E-state index in [1.807, 2.05) is 0 Å². The second-order valence-electron chi connectivity index (χ2n) is 5.52. The molecule has 0 aromatic heterocycles. The van der Waals surface area contributed by atoms with Crippen molar-refractivity contribution in [2.24, 2.45) is 0 Å². The number of hydrogen-bond acceptors (Lipinski definition) is 0. The molecular weight excluding hydrogens is 331 g/mol. The van der Waals surface area contributed by atoms with Crippen molar-refractivity contribution in [3.63, 3.8) is 0 Å². The predicted molar refractivity (Wildman–Crippen MR) is 94.8 cm³/mol. The zero-order valence-electron chi connectivity index (χ0n) is 15.7. The Balaban J connectivity index is -0.000000270. The van der Waals surface area contributed by atoms with Gasteiger partial charge in [0.15, 0.2) is 0 Å². The molecule has 1 heteroatoms. The van der Waals surface area contributed by atoms with E-state index < -0.39 is 0 Å². The minimum absolute atomic E-state index is 0. The Hall–Kier alpha value is -0.417. The van der Waals surface area contributed by atoms with Gasteiger partial charge in [0.1, 0.15) is 0 Å². The molecule has 0 bridgehead atoms. The van der Waals surface area contributed by atoms with Crippen molar-refractivity contribution in [2.45, 2.75) is 55.4 Å². The summed E-state index contributed by atoms with van der Waals surface area (Å²) in [5.74, 6) is 0. The van der Waals surface area contributed by atoms with Crippen LogP contribution in [-0.4, -0.2) is 0 Å². The fourth-order valence-electron chi connectivity index (χ4n) is 2.27. The summed E-state index contributed by atoms with van der Waals surface area (Å²) in [7, 11) is 0. The molecule has 0 unspecified atom stereocenters. The quantitative estimate of drug-likeness (QED) is 0.490. The van der Waals surface area contributed by atoms with Crippen LogP contribution in [0.1, 0.15) is 44.5 Å². The van der Waals surface area contributed by atoms with E-state index in [1.165, 1.54) is 44.5 Å². The minimum atomic E-state index is 0. The summed E-state index contributed by atoms with van der Waals surface area (Å²) in [6.07, 6.45) is 0. The van der Waals surface area contributed by atoms with Crippen LogP contribution in [0.5, 0.6) is 0 Å². The van der Waals surface area contributed by atoms with Crippen LogP contribution in [0.25, 0.3) is 0 Å². The number of hydrogen-bond donors (Lipinski definition) is 0. The summed E-state index contributed by atoms with van der Waals surface area (Å²) < 4.78 is 0. The zero-order valence-corrected chi connectivity index (χ0v) is 18.1. The fraction of sp³-hybridized carbons (Fsp3) is 0.400. The SMILES string of the molecule is Cc1c[c-](C)c(C)c1C.Cc1c[c-](C)c(C)c1C.[CH3-].[CH3-].[Zr+4]. The van der Waals surface area contributed by atoms with Crippen LogP contribution in [0.15, 0.2) is 12.1 Å². The summed E-state index contributed by atoms with van der Waals surface area (Å²) in [5, 5.41) is 0. The van der Waals surface area contributed by atoms with Gasteiger partial charge in [-0.1, -0.05) is 55.4 Å². The van der Waals surface area contributed by atoms with Gasteiger partial charge in [-0.05, 0) is 0 Å². The molecule has 21 heavy (non-hydrogen) atoms. The Labute approximate surface area is 152 Å². The van der Waals surface area contributed by atoms with E-state index in [0.29, 0.717) is 0 Å². The second kappa shape index (κ2) is 10.3. The molecule has 0 N–H and O–H groups in total. The third-order valence-corrected chi connectivity index (χ3v) is 4.36. The summed E-state index contributed by atoms with van der Waals surface area (Å²) >= 11 is 0. The molecule has 2 aromatic carbocycles. The van der Waals surface area contributed by atoms with Crippen molar-refractivity contribution in [2.75, 3.05) is 0 Å². The van der Waals surface area contributed by atoms with Crippen molar-refractivity contribution in [3.8, 4) is 0 Å². The first-order valence-electron chi connectivity index (χ1n) is 6.65. The van der Waals surface area contributed by atoms with Gasteiger partial charge >= 0.3 is 26.2 Å². The van der Waals surface area contributed by atoms with Gasteiger partial charge in [-0.15, -0.1) is 0 Å². The standard InChI is InChI=1S/2C9H13.2CH3.Zr/c2*1-6-5-7(2)9(4)8(6)3;;;/h2*5H,1-4H3;2*1H3;/q4*-1;+4. The summed E-state index contributed by atoms with van der Waals surface area (Å²) in [4.78, 5) is 0. The van der Waals surface area contributed by atoms with E-state index in [9.17, 15) is 0 Å². The fourth-order valence-corrected chi connectivity index (χ4v) is 2.27. The van der Waals surface area contributed by atoms with Crippen LogP contribution < -0.4 is 0 Å². The van der Waals surface area contributed by atoms with Crippen LogP contribution in [0.2, 0.25) is 0 Å². The molecule has 0 aliphatic heterocycles. The van der Waals surface area contributed by atoms with Crippen molar-refractivity contribution in [1.82, 2.24) is 0 Å². The Morgan fingerprint density at radius 3 is 0.905 bits per heavy atom. The third-order valence-electron chi connectivity index (χ3n) is 4.36. The average Bonchev–Trinajstić information content (AvgIpc) is 2.66. The van der Waals surface area contributed by atoms with E-state index in [2.05, 4.69) is 67.5 Å². The molecule has 0 aliphatic rings. The van der Waals surface area contributed by atoms with Crippen LogP contribution >= 0.6 is 0 Å². The van der Waals surface area contributed by atoms with Gasteiger partial charge < -0.3 is 14.9 Å². The van der Waals surface area contributed by atoms with E-state index in [-0.39, 0.29) is 41.1 Å². The molecule has 0 aliphatic carbocycles. The molecule has 2 aromatic rings. The molecule has 116 valence electrons. The van der Waals surface area contributed by atoms with Gasteiger partial charge in [0, 0.05) is 0 Å². The van der Waals surface area contributed by atoms with E-state index in [4.69, 9.17) is 0 Å². The molecule has 0 spiro atoms. The Morgan fingerprint density at radius 1 is 0.619 bits per heavy atom. The zero-order chi connectivity index (χ0) is 14.0. The first-order valence-corrected chi connectivity index (χ1v) is 6.65. The molecule has 0 heterocycles. The first-order chi connectivity index (χ1) is 8.25. The maximum Gasteiger partial charge on any atom is 4.00 e. The smallest absolute Gasteiger partial charge is 0.358 e. The Bertz CT molecular complexity index is 443. The van der Waals surface area contributed by atoms with E-state index >= 15 is 0 Å². The van der Waals surface area contributed by atoms with Gasteiger partial charge in [-0.2, -0.15) is 56.6 Å². The van der Waals surface area contributed by atoms with Crippen LogP contribution in [0.3, 0.4) is 0 Å². The van der Waals surface area contributed by atoms with Gasteiger partial charge in [0.05, 0.1) is 0 Å². The maximum absolute atomic E-state index is 2.24. The Morgan fingerprint density at radius 2 is 0.857 bits per heavy atom. The number of rotatable bonds is 0. The van der Waals surface area contributed by atoms with Crippen LogP contribution in [0.4, 0.5) is 0 Å².